The smallest absolute Gasteiger partial charge is 0.377 e. The van der Waals surface area contributed by atoms with Crippen LogP contribution in [0.15, 0.2) is 10.6 Å². The molecule has 0 saturated carbocycles. The third-order valence-corrected chi connectivity index (χ3v) is 3.80. The van der Waals surface area contributed by atoms with Gasteiger partial charge in [0.1, 0.15) is 0 Å². The van der Waals surface area contributed by atoms with Crippen molar-refractivity contribution < 1.29 is 14.4 Å². The van der Waals surface area contributed by atoms with Crippen molar-refractivity contribution in [3.8, 4) is 10.8 Å². The quantitative estimate of drug-likeness (QED) is 0.862. The minimum Gasteiger partial charge on any atom is -0.475 e. The Kier molecular flexibility index (Phi) is 2.03. The van der Waals surface area contributed by atoms with E-state index in [1.807, 2.05) is 6.07 Å². The maximum atomic E-state index is 10.6. The lowest BCUT2D eigenvalue weighted by Gasteiger charge is -1.86. The first-order valence-corrected chi connectivity index (χ1v) is 5.74. The summed E-state index contributed by atoms with van der Waals surface area (Å²) in [5, 5.41) is 12.1. The topological polar surface area (TPSA) is 76.2 Å². The second-order valence-electron chi connectivity index (χ2n) is 3.64. The van der Waals surface area contributed by atoms with Gasteiger partial charge in [-0.15, -0.1) is 11.3 Å². The predicted octanol–water partition coefficient (Wildman–Crippen LogP) is 1.98. The molecule has 0 bridgehead atoms. The molecule has 2 aromatic rings. The minimum atomic E-state index is -1.17. The van der Waals surface area contributed by atoms with Crippen LogP contribution in [0.4, 0.5) is 0 Å². The monoisotopic (exact) mass is 236 g/mol. The maximum Gasteiger partial charge on any atom is 0.377 e. The predicted molar refractivity (Wildman–Crippen MR) is 56.6 cm³/mol. The van der Waals surface area contributed by atoms with E-state index in [2.05, 4.69) is 10.1 Å². The number of aryl methyl sites for hydroxylation is 2. The van der Waals surface area contributed by atoms with Crippen molar-refractivity contribution in [2.75, 3.05) is 0 Å². The molecule has 2 heterocycles. The molecule has 1 N–H and O–H groups in total. The first kappa shape index (κ1) is 9.53. The SMILES string of the molecule is O=C(O)c1noc(-c2cc3c(s2)CCC3)n1. The van der Waals surface area contributed by atoms with Crippen LogP contribution in [0.1, 0.15) is 27.5 Å². The van der Waals surface area contributed by atoms with E-state index in [-0.39, 0.29) is 5.82 Å². The fourth-order valence-electron chi connectivity index (χ4n) is 1.84. The highest BCUT2D eigenvalue weighted by molar-refractivity contribution is 7.15. The van der Waals surface area contributed by atoms with Crippen molar-refractivity contribution >= 4 is 17.3 Å². The van der Waals surface area contributed by atoms with Crippen molar-refractivity contribution in [3.05, 3.63) is 22.3 Å². The van der Waals surface area contributed by atoms with E-state index in [9.17, 15) is 4.79 Å². The van der Waals surface area contributed by atoms with Gasteiger partial charge in [-0.3, -0.25) is 0 Å². The number of aromatic nitrogens is 2. The highest BCUT2D eigenvalue weighted by atomic mass is 32.1. The minimum absolute atomic E-state index is 0.288. The largest absolute Gasteiger partial charge is 0.475 e. The van der Waals surface area contributed by atoms with Crippen molar-refractivity contribution in [1.29, 1.82) is 0 Å². The van der Waals surface area contributed by atoms with Crippen molar-refractivity contribution in [3.63, 3.8) is 0 Å². The van der Waals surface area contributed by atoms with Gasteiger partial charge in [0.05, 0.1) is 4.88 Å². The molecule has 2 aromatic heterocycles. The lowest BCUT2D eigenvalue weighted by molar-refractivity contribution is 0.0680. The van der Waals surface area contributed by atoms with Gasteiger partial charge in [0.15, 0.2) is 0 Å². The van der Waals surface area contributed by atoms with Gasteiger partial charge < -0.3 is 9.63 Å². The van der Waals surface area contributed by atoms with Gasteiger partial charge >= 0.3 is 5.97 Å². The zero-order valence-corrected chi connectivity index (χ0v) is 9.08. The number of thiophene rings is 1. The molecule has 1 aliphatic carbocycles. The van der Waals surface area contributed by atoms with Gasteiger partial charge in [-0.2, -0.15) is 4.98 Å². The zero-order chi connectivity index (χ0) is 11.1. The lowest BCUT2D eigenvalue weighted by atomic mass is 10.2. The van der Waals surface area contributed by atoms with Crippen LogP contribution < -0.4 is 0 Å². The average Bonchev–Trinajstić information content (AvgIpc) is 2.91. The molecule has 0 spiro atoms. The molecule has 0 atom stereocenters. The van der Waals surface area contributed by atoms with E-state index in [0.29, 0.717) is 5.89 Å². The summed E-state index contributed by atoms with van der Waals surface area (Å²) in [4.78, 5) is 16.6. The molecule has 0 aliphatic heterocycles. The van der Waals surface area contributed by atoms with Crippen molar-refractivity contribution in [1.82, 2.24) is 10.1 Å². The molecule has 16 heavy (non-hydrogen) atoms. The molecule has 0 radical (unpaired) electrons. The van der Waals surface area contributed by atoms with Crippen LogP contribution in [0, 0.1) is 0 Å². The summed E-state index contributed by atoms with van der Waals surface area (Å²) in [7, 11) is 0. The zero-order valence-electron chi connectivity index (χ0n) is 8.27. The van der Waals surface area contributed by atoms with Crippen molar-refractivity contribution in [2.45, 2.75) is 19.3 Å². The number of hydrogen-bond donors (Lipinski definition) is 1. The Labute approximate surface area is 94.7 Å². The number of carboxylic acids is 1. The molecule has 0 aromatic carbocycles. The van der Waals surface area contributed by atoms with Crippen LogP contribution in [0.25, 0.3) is 10.8 Å². The maximum absolute atomic E-state index is 10.6. The number of carboxylic acid groups (broad SMARTS) is 1. The summed E-state index contributed by atoms with van der Waals surface area (Å²) in [5.74, 6) is -1.15. The van der Waals surface area contributed by atoms with Gasteiger partial charge in [-0.1, -0.05) is 0 Å². The lowest BCUT2D eigenvalue weighted by Crippen LogP contribution is -1.97. The molecule has 1 aliphatic rings. The van der Waals surface area contributed by atoms with Crippen LogP contribution in [0.2, 0.25) is 0 Å². The summed E-state index contributed by atoms with van der Waals surface area (Å²) < 4.78 is 4.92. The Hall–Kier alpha value is -1.69. The Morgan fingerprint density at radius 2 is 2.38 bits per heavy atom. The van der Waals surface area contributed by atoms with E-state index >= 15 is 0 Å². The van der Waals surface area contributed by atoms with Crippen LogP contribution in [0.3, 0.4) is 0 Å². The van der Waals surface area contributed by atoms with Gasteiger partial charge in [-0.05, 0) is 36.0 Å². The highest BCUT2D eigenvalue weighted by Gasteiger charge is 2.20. The summed E-state index contributed by atoms with van der Waals surface area (Å²) in [5.41, 5.74) is 1.33. The van der Waals surface area contributed by atoms with Crippen LogP contribution in [-0.2, 0) is 12.8 Å². The fraction of sp³-hybridized carbons (Fsp3) is 0.300. The van der Waals surface area contributed by atoms with Crippen LogP contribution >= 0.6 is 11.3 Å². The van der Waals surface area contributed by atoms with Gasteiger partial charge in [-0.25, -0.2) is 4.79 Å². The Bertz CT molecular complexity index is 537. The molecule has 0 unspecified atom stereocenters. The Morgan fingerprint density at radius 1 is 1.50 bits per heavy atom. The third kappa shape index (κ3) is 1.42. The number of nitrogens with zero attached hydrogens (tertiary/aromatic N) is 2. The molecule has 82 valence electrons. The Morgan fingerprint density at radius 3 is 3.06 bits per heavy atom. The number of fused-ring (bicyclic) bond motifs is 1. The average molecular weight is 236 g/mol. The van der Waals surface area contributed by atoms with E-state index in [0.717, 1.165) is 17.7 Å². The van der Waals surface area contributed by atoms with Crippen LogP contribution in [-0.4, -0.2) is 21.2 Å². The molecule has 6 heteroatoms. The first-order valence-electron chi connectivity index (χ1n) is 4.93. The molecular weight excluding hydrogens is 228 g/mol. The van der Waals surface area contributed by atoms with Gasteiger partial charge in [0.2, 0.25) is 0 Å². The number of rotatable bonds is 2. The standard InChI is InChI=1S/C10H8N2O3S/c13-10(14)8-11-9(15-12-8)7-4-5-2-1-3-6(5)16-7/h4H,1-3H2,(H,13,14). The normalized spacial score (nSPS) is 14.0. The highest BCUT2D eigenvalue weighted by Crippen LogP contribution is 2.35. The summed E-state index contributed by atoms with van der Waals surface area (Å²) >= 11 is 1.61. The second-order valence-corrected chi connectivity index (χ2v) is 4.78. The fourth-order valence-corrected chi connectivity index (χ4v) is 3.02. The second kappa shape index (κ2) is 3.41. The van der Waals surface area contributed by atoms with Crippen LogP contribution in [0.5, 0.6) is 0 Å². The van der Waals surface area contributed by atoms with Gasteiger partial charge in [0, 0.05) is 4.88 Å². The number of hydrogen-bond acceptors (Lipinski definition) is 5. The van der Waals surface area contributed by atoms with E-state index in [4.69, 9.17) is 9.63 Å². The number of aromatic carboxylic acids is 1. The number of carbonyl (C=O) groups is 1. The Balaban J connectivity index is 1.98. The van der Waals surface area contributed by atoms with E-state index < -0.39 is 5.97 Å². The molecule has 0 saturated heterocycles. The summed E-state index contributed by atoms with van der Waals surface area (Å²) in [6.07, 6.45) is 3.39. The summed E-state index contributed by atoms with van der Waals surface area (Å²) in [6.45, 7) is 0. The van der Waals surface area contributed by atoms with E-state index in [1.165, 1.54) is 16.9 Å². The third-order valence-electron chi connectivity index (χ3n) is 2.57. The molecule has 0 fully saturated rings. The first-order chi connectivity index (χ1) is 7.74. The molecule has 5 nitrogen and oxygen atoms in total. The molecular formula is C10H8N2O3S. The van der Waals surface area contributed by atoms with E-state index in [1.54, 1.807) is 11.3 Å². The van der Waals surface area contributed by atoms with Crippen molar-refractivity contribution in [2.24, 2.45) is 0 Å². The summed E-state index contributed by atoms with van der Waals surface area (Å²) in [6, 6.07) is 2.02. The van der Waals surface area contributed by atoms with Gasteiger partial charge in [0.25, 0.3) is 11.7 Å². The molecule has 3 rings (SSSR count). The molecule has 0 amide bonds.